The largest absolute Gasteiger partial charge is 0.378 e. The molecule has 1 amide bonds. The summed E-state index contributed by atoms with van der Waals surface area (Å²) in [5.74, 6) is 0.742. The first kappa shape index (κ1) is 19.3. The maximum Gasteiger partial charge on any atom is 0.263 e. The Kier molecular flexibility index (Phi) is 5.66. The van der Waals surface area contributed by atoms with Crippen molar-refractivity contribution in [2.24, 2.45) is 0 Å². The van der Waals surface area contributed by atoms with Gasteiger partial charge in [0.15, 0.2) is 0 Å². The number of amides is 1. The van der Waals surface area contributed by atoms with E-state index in [4.69, 9.17) is 9.26 Å². The quantitative estimate of drug-likeness (QED) is 0.679. The van der Waals surface area contributed by atoms with Gasteiger partial charge in [-0.1, -0.05) is 23.4 Å². The summed E-state index contributed by atoms with van der Waals surface area (Å²) in [6, 6.07) is 6.37. The SMILES string of the molecule is Cc1noc2nc(CCC(=O)NCc3ccccc3F)nc(N3CCOCC3)c12. The van der Waals surface area contributed by atoms with Crippen LogP contribution in [0.3, 0.4) is 0 Å². The molecule has 29 heavy (non-hydrogen) atoms. The van der Waals surface area contributed by atoms with Crippen molar-refractivity contribution in [1.82, 2.24) is 20.4 Å². The molecule has 0 bridgehead atoms. The minimum atomic E-state index is -0.336. The van der Waals surface area contributed by atoms with E-state index < -0.39 is 0 Å². The van der Waals surface area contributed by atoms with Gasteiger partial charge in [-0.3, -0.25) is 4.79 Å². The Morgan fingerprint density at radius 3 is 2.83 bits per heavy atom. The van der Waals surface area contributed by atoms with Gasteiger partial charge in [-0.25, -0.2) is 9.37 Å². The minimum Gasteiger partial charge on any atom is -0.378 e. The molecule has 4 rings (SSSR count). The Morgan fingerprint density at radius 1 is 1.24 bits per heavy atom. The summed E-state index contributed by atoms with van der Waals surface area (Å²) in [5.41, 5.74) is 1.60. The average Bonchev–Trinajstić information content (AvgIpc) is 3.12. The Hall–Kier alpha value is -3.07. The molecule has 0 saturated carbocycles. The number of carbonyl (C=O) groups is 1. The summed E-state index contributed by atoms with van der Waals surface area (Å²) in [4.78, 5) is 23.4. The molecule has 1 saturated heterocycles. The van der Waals surface area contributed by atoms with Crippen LogP contribution in [0.2, 0.25) is 0 Å². The highest BCUT2D eigenvalue weighted by molar-refractivity contribution is 5.88. The number of fused-ring (bicyclic) bond motifs is 1. The van der Waals surface area contributed by atoms with Gasteiger partial charge in [0, 0.05) is 38.0 Å². The van der Waals surface area contributed by atoms with Gasteiger partial charge in [-0.15, -0.1) is 0 Å². The number of carbonyl (C=O) groups excluding carboxylic acids is 1. The fourth-order valence-corrected chi connectivity index (χ4v) is 3.28. The summed E-state index contributed by atoms with van der Waals surface area (Å²) in [7, 11) is 0. The zero-order chi connectivity index (χ0) is 20.2. The molecular formula is C20H22FN5O3. The number of benzene rings is 1. The second kappa shape index (κ2) is 8.52. The summed E-state index contributed by atoms with van der Waals surface area (Å²) in [5, 5.41) is 7.53. The van der Waals surface area contributed by atoms with E-state index in [0.29, 0.717) is 36.7 Å². The third-order valence-corrected chi connectivity index (χ3v) is 4.85. The highest BCUT2D eigenvalue weighted by Gasteiger charge is 2.21. The third-order valence-electron chi connectivity index (χ3n) is 4.85. The highest BCUT2D eigenvalue weighted by Crippen LogP contribution is 2.27. The maximum absolute atomic E-state index is 13.7. The molecular weight excluding hydrogens is 377 g/mol. The zero-order valence-corrected chi connectivity index (χ0v) is 16.2. The molecule has 0 aliphatic carbocycles. The predicted octanol–water partition coefficient (Wildman–Crippen LogP) is 2.15. The summed E-state index contributed by atoms with van der Waals surface area (Å²) >= 11 is 0. The van der Waals surface area contributed by atoms with Gasteiger partial charge in [-0.05, 0) is 13.0 Å². The lowest BCUT2D eigenvalue weighted by Gasteiger charge is -2.28. The van der Waals surface area contributed by atoms with Gasteiger partial charge in [0.05, 0.1) is 18.9 Å². The number of aromatic nitrogens is 3. The topological polar surface area (TPSA) is 93.4 Å². The zero-order valence-electron chi connectivity index (χ0n) is 16.2. The molecule has 152 valence electrons. The molecule has 0 atom stereocenters. The average molecular weight is 399 g/mol. The van der Waals surface area contributed by atoms with Gasteiger partial charge < -0.3 is 19.5 Å². The van der Waals surface area contributed by atoms with Crippen LogP contribution in [0, 0.1) is 12.7 Å². The summed E-state index contributed by atoms with van der Waals surface area (Å²) in [6.07, 6.45) is 0.533. The van der Waals surface area contributed by atoms with Crippen molar-refractivity contribution in [3.05, 3.63) is 47.2 Å². The van der Waals surface area contributed by atoms with E-state index in [1.807, 2.05) is 6.92 Å². The molecule has 1 N–H and O–H groups in total. The Balaban J connectivity index is 1.45. The first-order valence-corrected chi connectivity index (χ1v) is 9.57. The number of ether oxygens (including phenoxy) is 1. The van der Waals surface area contributed by atoms with Gasteiger partial charge in [0.25, 0.3) is 5.71 Å². The van der Waals surface area contributed by atoms with Crippen LogP contribution in [0.15, 0.2) is 28.8 Å². The van der Waals surface area contributed by atoms with E-state index in [2.05, 4.69) is 25.3 Å². The molecule has 9 heteroatoms. The number of rotatable bonds is 6. The van der Waals surface area contributed by atoms with Crippen molar-refractivity contribution >= 4 is 22.8 Å². The van der Waals surface area contributed by atoms with Crippen molar-refractivity contribution in [2.75, 3.05) is 31.2 Å². The van der Waals surface area contributed by atoms with Crippen LogP contribution in [0.4, 0.5) is 10.2 Å². The lowest BCUT2D eigenvalue weighted by molar-refractivity contribution is -0.121. The molecule has 0 radical (unpaired) electrons. The van der Waals surface area contributed by atoms with E-state index >= 15 is 0 Å². The first-order valence-electron chi connectivity index (χ1n) is 9.57. The normalized spacial score (nSPS) is 14.3. The molecule has 1 aliphatic heterocycles. The van der Waals surface area contributed by atoms with Crippen LogP contribution in [0.1, 0.15) is 23.5 Å². The molecule has 3 aromatic rings. The molecule has 2 aromatic heterocycles. The highest BCUT2D eigenvalue weighted by atomic mass is 19.1. The number of hydrogen-bond donors (Lipinski definition) is 1. The predicted molar refractivity (Wildman–Crippen MR) is 104 cm³/mol. The van der Waals surface area contributed by atoms with Crippen LogP contribution in [0.5, 0.6) is 0 Å². The fraction of sp³-hybridized carbons (Fsp3) is 0.400. The smallest absolute Gasteiger partial charge is 0.263 e. The van der Waals surface area contributed by atoms with Crippen molar-refractivity contribution < 1.29 is 18.4 Å². The number of nitrogens with one attached hydrogen (secondary N) is 1. The Bertz CT molecular complexity index is 1020. The monoisotopic (exact) mass is 399 g/mol. The van der Waals surface area contributed by atoms with E-state index in [1.54, 1.807) is 18.2 Å². The van der Waals surface area contributed by atoms with Gasteiger partial charge in [0.2, 0.25) is 5.91 Å². The van der Waals surface area contributed by atoms with Crippen LogP contribution in [-0.2, 0) is 22.5 Å². The van der Waals surface area contributed by atoms with Crippen molar-refractivity contribution in [3.63, 3.8) is 0 Å². The van der Waals surface area contributed by atoms with Gasteiger partial charge >= 0.3 is 0 Å². The molecule has 0 spiro atoms. The van der Waals surface area contributed by atoms with Crippen LogP contribution < -0.4 is 10.2 Å². The number of morpholine rings is 1. The van der Waals surface area contributed by atoms with E-state index in [1.165, 1.54) is 6.07 Å². The van der Waals surface area contributed by atoms with Gasteiger partial charge in [-0.2, -0.15) is 4.98 Å². The van der Waals surface area contributed by atoms with Crippen LogP contribution >= 0.6 is 0 Å². The maximum atomic E-state index is 13.7. The van der Waals surface area contributed by atoms with E-state index in [9.17, 15) is 9.18 Å². The number of nitrogens with zero attached hydrogens (tertiary/aromatic N) is 4. The van der Waals surface area contributed by atoms with Crippen LogP contribution in [-0.4, -0.2) is 47.3 Å². The van der Waals surface area contributed by atoms with Crippen LogP contribution in [0.25, 0.3) is 11.1 Å². The lowest BCUT2D eigenvalue weighted by atomic mass is 10.2. The Morgan fingerprint density at radius 2 is 2.03 bits per heavy atom. The molecule has 1 fully saturated rings. The molecule has 0 unspecified atom stereocenters. The van der Waals surface area contributed by atoms with E-state index in [0.717, 1.165) is 30.0 Å². The van der Waals surface area contributed by atoms with Crippen molar-refractivity contribution in [1.29, 1.82) is 0 Å². The lowest BCUT2D eigenvalue weighted by Crippen LogP contribution is -2.37. The van der Waals surface area contributed by atoms with E-state index in [-0.39, 0.29) is 24.7 Å². The standard InChI is InChI=1S/C20H22FN5O3/c1-13-18-19(26-8-10-28-11-9-26)23-16(24-20(18)29-25-13)6-7-17(27)22-12-14-4-2-3-5-15(14)21/h2-5H,6-12H2,1H3,(H,22,27). The first-order chi connectivity index (χ1) is 14.1. The number of aryl methyl sites for hydroxylation is 2. The minimum absolute atomic E-state index is 0.145. The summed E-state index contributed by atoms with van der Waals surface area (Å²) < 4.78 is 24.4. The van der Waals surface area contributed by atoms with Gasteiger partial charge in [0.1, 0.15) is 22.8 Å². The Labute approximate surface area is 167 Å². The third kappa shape index (κ3) is 4.34. The number of anilines is 1. The molecule has 1 aliphatic rings. The molecule has 3 heterocycles. The second-order valence-electron chi connectivity index (χ2n) is 6.88. The number of halogens is 1. The molecule has 1 aromatic carbocycles. The number of hydrogen-bond acceptors (Lipinski definition) is 7. The summed E-state index contributed by atoms with van der Waals surface area (Å²) in [6.45, 7) is 4.70. The molecule has 8 nitrogen and oxygen atoms in total. The second-order valence-corrected chi connectivity index (χ2v) is 6.88. The van der Waals surface area contributed by atoms with Crippen molar-refractivity contribution in [3.8, 4) is 0 Å². The van der Waals surface area contributed by atoms with Crippen molar-refractivity contribution in [2.45, 2.75) is 26.3 Å². The fourth-order valence-electron chi connectivity index (χ4n) is 3.28.